The summed E-state index contributed by atoms with van der Waals surface area (Å²) in [6.07, 6.45) is 1.74. The Bertz CT molecular complexity index is 1170. The lowest BCUT2D eigenvalue weighted by Crippen LogP contribution is -2.20. The van der Waals surface area contributed by atoms with E-state index in [1.165, 1.54) is 24.5 Å². The molecule has 0 saturated heterocycles. The maximum atomic E-state index is 12.5. The molecule has 0 radical (unpaired) electrons. The highest BCUT2D eigenvalue weighted by molar-refractivity contribution is 7.13. The summed E-state index contributed by atoms with van der Waals surface area (Å²) in [5.74, 6) is -0.0928. The summed E-state index contributed by atoms with van der Waals surface area (Å²) in [5, 5.41) is 6.13. The molecule has 0 spiro atoms. The van der Waals surface area contributed by atoms with Crippen LogP contribution in [0.4, 0.5) is 5.69 Å². The highest BCUT2D eigenvalue weighted by atomic mass is 32.1. The van der Waals surface area contributed by atoms with Crippen LogP contribution in [0.1, 0.15) is 10.4 Å². The summed E-state index contributed by atoms with van der Waals surface area (Å²) in [4.78, 5) is 29.0. The van der Waals surface area contributed by atoms with E-state index in [0.717, 1.165) is 10.6 Å². The summed E-state index contributed by atoms with van der Waals surface area (Å²) in [7, 11) is 1.49. The Hall–Kier alpha value is -3.45. The van der Waals surface area contributed by atoms with Crippen molar-refractivity contribution < 1.29 is 13.9 Å². The van der Waals surface area contributed by atoms with Crippen LogP contribution in [0.5, 0.6) is 5.75 Å². The van der Waals surface area contributed by atoms with Gasteiger partial charge in [-0.25, -0.2) is 9.78 Å². The Kier molecular flexibility index (Phi) is 4.43. The molecule has 0 aliphatic heterocycles. The molecule has 4 aromatic rings. The van der Waals surface area contributed by atoms with E-state index in [4.69, 9.17) is 9.15 Å². The normalized spacial score (nSPS) is 10.7. The number of thiazole rings is 1. The van der Waals surface area contributed by atoms with E-state index in [0.29, 0.717) is 22.4 Å². The summed E-state index contributed by atoms with van der Waals surface area (Å²) in [5.41, 5.74) is 1.06. The van der Waals surface area contributed by atoms with E-state index in [1.54, 1.807) is 36.5 Å². The molecular weight excluding hydrogens is 364 g/mol. The maximum Gasteiger partial charge on any atom is 0.349 e. The van der Waals surface area contributed by atoms with Gasteiger partial charge in [0.1, 0.15) is 10.6 Å². The number of nitrogens with zero attached hydrogens (tertiary/aromatic N) is 1. The van der Waals surface area contributed by atoms with Gasteiger partial charge in [-0.05, 0) is 36.4 Å². The van der Waals surface area contributed by atoms with Crippen LogP contribution in [0.2, 0.25) is 0 Å². The van der Waals surface area contributed by atoms with Crippen molar-refractivity contribution in [1.29, 1.82) is 0 Å². The minimum atomic E-state index is -0.719. The number of para-hydroxylation sites is 1. The number of aromatic nitrogens is 1. The number of carbonyl (C=O) groups excluding carboxylic acids is 1. The quantitative estimate of drug-likeness (QED) is 0.539. The number of hydrogen-bond acceptors (Lipinski definition) is 6. The molecule has 0 bridgehead atoms. The van der Waals surface area contributed by atoms with Crippen LogP contribution in [-0.2, 0) is 0 Å². The van der Waals surface area contributed by atoms with E-state index in [9.17, 15) is 9.59 Å². The lowest BCUT2D eigenvalue weighted by Gasteiger charge is -2.07. The average molecular weight is 378 g/mol. The topological polar surface area (TPSA) is 81.4 Å². The van der Waals surface area contributed by atoms with Crippen LogP contribution in [0.25, 0.3) is 21.5 Å². The molecule has 7 heteroatoms. The van der Waals surface area contributed by atoms with Crippen LogP contribution >= 0.6 is 11.3 Å². The molecule has 1 amide bonds. The van der Waals surface area contributed by atoms with Crippen molar-refractivity contribution in [1.82, 2.24) is 4.98 Å². The largest absolute Gasteiger partial charge is 0.493 e. The number of fused-ring (bicyclic) bond motifs is 1. The van der Waals surface area contributed by atoms with Crippen molar-refractivity contribution >= 4 is 33.9 Å². The fourth-order valence-corrected chi connectivity index (χ4v) is 3.34. The molecule has 0 saturated carbocycles. The summed E-state index contributed by atoms with van der Waals surface area (Å²) in [6.45, 7) is 0. The zero-order valence-electron chi connectivity index (χ0n) is 14.3. The molecule has 1 N–H and O–H groups in total. The van der Waals surface area contributed by atoms with Crippen molar-refractivity contribution in [3.63, 3.8) is 0 Å². The zero-order valence-corrected chi connectivity index (χ0v) is 15.1. The van der Waals surface area contributed by atoms with Gasteiger partial charge in [0.15, 0.2) is 11.3 Å². The van der Waals surface area contributed by atoms with Crippen molar-refractivity contribution in [3.05, 3.63) is 76.1 Å². The van der Waals surface area contributed by atoms with Crippen molar-refractivity contribution in [3.8, 4) is 16.3 Å². The first-order chi connectivity index (χ1) is 13.2. The molecular formula is C20H14N2O4S. The van der Waals surface area contributed by atoms with E-state index in [-0.39, 0.29) is 5.56 Å². The van der Waals surface area contributed by atoms with Crippen LogP contribution < -0.4 is 15.7 Å². The number of hydrogen-bond donors (Lipinski definition) is 1. The smallest absolute Gasteiger partial charge is 0.349 e. The molecule has 134 valence electrons. The van der Waals surface area contributed by atoms with E-state index >= 15 is 0 Å². The first-order valence-corrected chi connectivity index (χ1v) is 8.96. The monoisotopic (exact) mass is 378 g/mol. The first kappa shape index (κ1) is 17.0. The van der Waals surface area contributed by atoms with E-state index < -0.39 is 11.5 Å². The Morgan fingerprint density at radius 2 is 2.00 bits per heavy atom. The third kappa shape index (κ3) is 3.32. The fraction of sp³-hybridized carbons (Fsp3) is 0.0500. The molecule has 0 atom stereocenters. The van der Waals surface area contributed by atoms with Crippen molar-refractivity contribution in [2.45, 2.75) is 0 Å². The lowest BCUT2D eigenvalue weighted by atomic mass is 10.1. The Labute approximate surface area is 158 Å². The SMILES string of the molecule is COc1cccc2cc(C(=O)Nc3ccc(-c4nccs4)cc3)c(=O)oc12. The third-order valence-corrected chi connectivity index (χ3v) is 4.83. The number of methoxy groups -OCH3 is 1. The number of ether oxygens (including phenoxy) is 1. The number of rotatable bonds is 4. The molecule has 2 heterocycles. The minimum Gasteiger partial charge on any atom is -0.493 e. The molecule has 2 aromatic heterocycles. The van der Waals surface area contributed by atoms with Gasteiger partial charge < -0.3 is 14.5 Å². The Balaban J connectivity index is 1.61. The molecule has 0 aliphatic carbocycles. The van der Waals surface area contributed by atoms with Crippen molar-refractivity contribution in [2.75, 3.05) is 12.4 Å². The second-order valence-electron chi connectivity index (χ2n) is 5.69. The first-order valence-electron chi connectivity index (χ1n) is 8.08. The summed E-state index contributed by atoms with van der Waals surface area (Å²) < 4.78 is 10.5. The predicted molar refractivity (Wildman–Crippen MR) is 105 cm³/mol. The van der Waals surface area contributed by atoms with Crippen LogP contribution in [0.15, 0.2) is 69.3 Å². The van der Waals surface area contributed by atoms with E-state index in [2.05, 4.69) is 10.3 Å². The second kappa shape index (κ2) is 7.05. The van der Waals surface area contributed by atoms with Gasteiger partial charge in [0, 0.05) is 28.2 Å². The fourth-order valence-electron chi connectivity index (χ4n) is 2.70. The van der Waals surface area contributed by atoms with Gasteiger partial charge >= 0.3 is 5.63 Å². The van der Waals surface area contributed by atoms with Crippen LogP contribution in [0.3, 0.4) is 0 Å². The van der Waals surface area contributed by atoms with Gasteiger partial charge in [0.2, 0.25) is 0 Å². The molecule has 6 nitrogen and oxygen atoms in total. The number of carbonyl (C=O) groups is 1. The minimum absolute atomic E-state index is 0.0697. The average Bonchev–Trinajstić information content (AvgIpc) is 3.22. The zero-order chi connectivity index (χ0) is 18.8. The highest BCUT2D eigenvalue weighted by Crippen LogP contribution is 2.25. The third-order valence-electron chi connectivity index (χ3n) is 4.01. The summed E-state index contributed by atoms with van der Waals surface area (Å²) in [6, 6.07) is 14.0. The number of amides is 1. The Morgan fingerprint density at radius 3 is 2.70 bits per heavy atom. The van der Waals surface area contributed by atoms with Gasteiger partial charge in [0.05, 0.1) is 7.11 Å². The predicted octanol–water partition coefficient (Wildman–Crippen LogP) is 4.18. The lowest BCUT2D eigenvalue weighted by molar-refractivity contribution is 0.102. The van der Waals surface area contributed by atoms with Gasteiger partial charge in [-0.2, -0.15) is 0 Å². The number of nitrogens with one attached hydrogen (secondary N) is 1. The number of benzene rings is 2. The maximum absolute atomic E-state index is 12.5. The molecule has 0 aliphatic rings. The van der Waals surface area contributed by atoms with Crippen LogP contribution in [0, 0.1) is 0 Å². The molecule has 0 fully saturated rings. The Morgan fingerprint density at radius 1 is 1.19 bits per heavy atom. The van der Waals surface area contributed by atoms with Crippen LogP contribution in [-0.4, -0.2) is 18.0 Å². The van der Waals surface area contributed by atoms with Crippen molar-refractivity contribution in [2.24, 2.45) is 0 Å². The number of anilines is 1. The van der Waals surface area contributed by atoms with Gasteiger partial charge in [0.25, 0.3) is 5.91 Å². The summed E-state index contributed by atoms with van der Waals surface area (Å²) >= 11 is 1.54. The second-order valence-corrected chi connectivity index (χ2v) is 6.59. The van der Waals surface area contributed by atoms with Gasteiger partial charge in [-0.1, -0.05) is 12.1 Å². The van der Waals surface area contributed by atoms with Gasteiger partial charge in [-0.3, -0.25) is 4.79 Å². The molecule has 0 unspecified atom stereocenters. The molecule has 2 aromatic carbocycles. The molecule has 4 rings (SSSR count). The van der Waals surface area contributed by atoms with E-state index in [1.807, 2.05) is 17.5 Å². The molecule has 27 heavy (non-hydrogen) atoms. The standard InChI is InChI=1S/C20H14N2O4S/c1-25-16-4-2-3-13-11-15(20(24)26-17(13)16)18(23)22-14-7-5-12(6-8-14)19-21-9-10-27-19/h2-11H,1H3,(H,22,23). The van der Waals surface area contributed by atoms with Gasteiger partial charge in [-0.15, -0.1) is 11.3 Å². The highest BCUT2D eigenvalue weighted by Gasteiger charge is 2.16.